The van der Waals surface area contributed by atoms with Gasteiger partial charge in [0, 0.05) is 16.2 Å². The van der Waals surface area contributed by atoms with Gasteiger partial charge in [-0.1, -0.05) is 46.3 Å². The van der Waals surface area contributed by atoms with Crippen molar-refractivity contribution in [1.82, 2.24) is 5.32 Å². The molecule has 0 aliphatic heterocycles. The van der Waals surface area contributed by atoms with Crippen molar-refractivity contribution in [2.75, 3.05) is 5.32 Å². The van der Waals surface area contributed by atoms with Gasteiger partial charge in [0.05, 0.1) is 6.04 Å². The van der Waals surface area contributed by atoms with Crippen LogP contribution in [0.2, 0.25) is 0 Å². The first-order valence-electron chi connectivity index (χ1n) is 8.01. The predicted molar refractivity (Wildman–Crippen MR) is 97.3 cm³/mol. The van der Waals surface area contributed by atoms with E-state index in [1.165, 1.54) is 18.4 Å². The lowest BCUT2D eigenvalue weighted by Gasteiger charge is -2.23. The van der Waals surface area contributed by atoms with Crippen LogP contribution in [0.3, 0.4) is 0 Å². The van der Waals surface area contributed by atoms with E-state index in [0.29, 0.717) is 5.92 Å². The molecule has 2 atom stereocenters. The number of benzene rings is 2. The van der Waals surface area contributed by atoms with Gasteiger partial charge in [0.25, 0.3) is 0 Å². The Balaban J connectivity index is 1.63. The number of hydrogen-bond donors (Lipinski definition) is 2. The van der Waals surface area contributed by atoms with Crippen LogP contribution >= 0.6 is 15.9 Å². The SMILES string of the molecule is C[C@H](N[C@@H](c1ccccc1)C1CC1)C(=O)Nc1ccc(Br)cc1. The molecule has 0 unspecified atom stereocenters. The predicted octanol–water partition coefficient (Wildman–Crippen LogP) is 4.52. The van der Waals surface area contributed by atoms with Gasteiger partial charge in [-0.3, -0.25) is 10.1 Å². The standard InChI is InChI=1S/C19H21BrN2O/c1-13(19(23)22-17-11-9-16(20)10-12-17)21-18(15-7-8-15)14-5-3-2-4-6-14/h2-6,9-13,15,18,21H,7-8H2,1H3,(H,22,23)/t13-,18-/m0/s1. The molecule has 1 aliphatic carbocycles. The van der Waals surface area contributed by atoms with E-state index < -0.39 is 0 Å². The van der Waals surface area contributed by atoms with Crippen molar-refractivity contribution < 1.29 is 4.79 Å². The van der Waals surface area contributed by atoms with Crippen LogP contribution in [0.1, 0.15) is 31.4 Å². The molecule has 2 aromatic rings. The Morgan fingerprint density at radius 1 is 1.09 bits per heavy atom. The van der Waals surface area contributed by atoms with E-state index in [1.54, 1.807) is 0 Å². The quantitative estimate of drug-likeness (QED) is 0.782. The van der Waals surface area contributed by atoms with E-state index >= 15 is 0 Å². The largest absolute Gasteiger partial charge is 0.325 e. The van der Waals surface area contributed by atoms with E-state index in [2.05, 4.69) is 50.8 Å². The molecule has 0 spiro atoms. The van der Waals surface area contributed by atoms with Crippen LogP contribution in [0.4, 0.5) is 5.69 Å². The Morgan fingerprint density at radius 2 is 1.74 bits per heavy atom. The minimum atomic E-state index is -0.246. The van der Waals surface area contributed by atoms with Crippen LogP contribution in [-0.2, 0) is 4.79 Å². The number of hydrogen-bond acceptors (Lipinski definition) is 2. The smallest absolute Gasteiger partial charge is 0.241 e. The molecule has 120 valence electrons. The van der Waals surface area contributed by atoms with E-state index in [4.69, 9.17) is 0 Å². The minimum Gasteiger partial charge on any atom is -0.325 e. The Bertz CT molecular complexity index is 653. The summed E-state index contributed by atoms with van der Waals surface area (Å²) in [4.78, 5) is 12.4. The third-order valence-corrected chi connectivity index (χ3v) is 4.72. The Morgan fingerprint density at radius 3 is 2.35 bits per heavy atom. The fourth-order valence-electron chi connectivity index (χ4n) is 2.72. The van der Waals surface area contributed by atoms with E-state index in [-0.39, 0.29) is 18.0 Å². The fourth-order valence-corrected chi connectivity index (χ4v) is 2.99. The Kier molecular flexibility index (Phi) is 5.13. The number of anilines is 1. The van der Waals surface area contributed by atoms with Crippen LogP contribution in [0.15, 0.2) is 59.1 Å². The molecule has 3 rings (SSSR count). The molecule has 1 amide bonds. The molecule has 0 bridgehead atoms. The normalized spacial score (nSPS) is 16.6. The van der Waals surface area contributed by atoms with E-state index in [1.807, 2.05) is 37.3 Å². The number of amides is 1. The van der Waals surface area contributed by atoms with Crippen LogP contribution in [-0.4, -0.2) is 11.9 Å². The maximum atomic E-state index is 12.4. The maximum Gasteiger partial charge on any atom is 0.241 e. The van der Waals surface area contributed by atoms with Crippen molar-refractivity contribution in [2.45, 2.75) is 31.8 Å². The first-order chi connectivity index (χ1) is 11.1. The summed E-state index contributed by atoms with van der Waals surface area (Å²) in [7, 11) is 0. The van der Waals surface area contributed by atoms with Crippen LogP contribution in [0.5, 0.6) is 0 Å². The molecule has 4 heteroatoms. The lowest BCUT2D eigenvalue weighted by Crippen LogP contribution is -2.40. The third kappa shape index (κ3) is 4.43. The summed E-state index contributed by atoms with van der Waals surface area (Å²) in [5.41, 5.74) is 2.08. The fraction of sp³-hybridized carbons (Fsp3) is 0.316. The summed E-state index contributed by atoms with van der Waals surface area (Å²) >= 11 is 3.40. The maximum absolute atomic E-state index is 12.4. The van der Waals surface area contributed by atoms with Gasteiger partial charge in [-0.2, -0.15) is 0 Å². The number of carbonyl (C=O) groups excluding carboxylic acids is 1. The van der Waals surface area contributed by atoms with Crippen molar-refractivity contribution in [3.8, 4) is 0 Å². The average Bonchev–Trinajstić information content (AvgIpc) is 3.40. The first-order valence-corrected chi connectivity index (χ1v) is 8.80. The topological polar surface area (TPSA) is 41.1 Å². The highest BCUT2D eigenvalue weighted by molar-refractivity contribution is 9.10. The minimum absolute atomic E-state index is 0.00564. The zero-order valence-corrected chi connectivity index (χ0v) is 14.7. The van der Waals surface area contributed by atoms with Crippen molar-refractivity contribution in [1.29, 1.82) is 0 Å². The lowest BCUT2D eigenvalue weighted by atomic mass is 10.0. The van der Waals surface area contributed by atoms with Gasteiger partial charge in [0.15, 0.2) is 0 Å². The van der Waals surface area contributed by atoms with Gasteiger partial charge >= 0.3 is 0 Å². The Labute approximate surface area is 145 Å². The average molecular weight is 373 g/mol. The van der Waals surface area contributed by atoms with Crippen molar-refractivity contribution in [3.05, 3.63) is 64.6 Å². The second-order valence-electron chi connectivity index (χ2n) is 6.11. The highest BCUT2D eigenvalue weighted by Gasteiger charge is 2.33. The number of nitrogens with one attached hydrogen (secondary N) is 2. The second kappa shape index (κ2) is 7.28. The molecular weight excluding hydrogens is 352 g/mol. The number of rotatable bonds is 6. The zero-order chi connectivity index (χ0) is 16.2. The second-order valence-corrected chi connectivity index (χ2v) is 7.03. The first kappa shape index (κ1) is 16.2. The molecule has 1 fully saturated rings. The van der Waals surface area contributed by atoms with Gasteiger partial charge < -0.3 is 5.32 Å². The molecular formula is C19H21BrN2O. The summed E-state index contributed by atoms with van der Waals surface area (Å²) in [6, 6.07) is 18.0. The highest BCUT2D eigenvalue weighted by Crippen LogP contribution is 2.41. The summed E-state index contributed by atoms with van der Waals surface area (Å²) in [6.45, 7) is 1.92. The Hall–Kier alpha value is -1.65. The summed E-state index contributed by atoms with van der Waals surface area (Å²) in [6.07, 6.45) is 2.46. The van der Waals surface area contributed by atoms with Crippen molar-refractivity contribution in [2.24, 2.45) is 5.92 Å². The molecule has 3 nitrogen and oxygen atoms in total. The van der Waals surface area contributed by atoms with Gasteiger partial charge in [0.1, 0.15) is 0 Å². The zero-order valence-electron chi connectivity index (χ0n) is 13.1. The van der Waals surface area contributed by atoms with Crippen LogP contribution < -0.4 is 10.6 Å². The molecule has 2 aromatic carbocycles. The molecule has 1 aliphatic rings. The van der Waals surface area contributed by atoms with Crippen molar-refractivity contribution >= 4 is 27.5 Å². The molecule has 0 radical (unpaired) electrons. The van der Waals surface area contributed by atoms with E-state index in [0.717, 1.165) is 10.2 Å². The van der Waals surface area contributed by atoms with Gasteiger partial charge in [-0.05, 0) is 55.5 Å². The molecule has 0 aromatic heterocycles. The number of carbonyl (C=O) groups is 1. The van der Waals surface area contributed by atoms with Crippen molar-refractivity contribution in [3.63, 3.8) is 0 Å². The highest BCUT2D eigenvalue weighted by atomic mass is 79.9. The molecule has 0 saturated heterocycles. The molecule has 23 heavy (non-hydrogen) atoms. The molecule has 0 heterocycles. The molecule has 2 N–H and O–H groups in total. The summed E-state index contributed by atoms with van der Waals surface area (Å²) in [5, 5.41) is 6.47. The van der Waals surface area contributed by atoms with Crippen LogP contribution in [0.25, 0.3) is 0 Å². The third-order valence-electron chi connectivity index (χ3n) is 4.19. The van der Waals surface area contributed by atoms with Gasteiger partial charge in [-0.25, -0.2) is 0 Å². The lowest BCUT2D eigenvalue weighted by molar-refractivity contribution is -0.118. The van der Waals surface area contributed by atoms with Gasteiger partial charge in [0.2, 0.25) is 5.91 Å². The summed E-state index contributed by atoms with van der Waals surface area (Å²) < 4.78 is 1.000. The van der Waals surface area contributed by atoms with Gasteiger partial charge in [-0.15, -0.1) is 0 Å². The number of halogens is 1. The van der Waals surface area contributed by atoms with Crippen LogP contribution in [0, 0.1) is 5.92 Å². The van der Waals surface area contributed by atoms with E-state index in [9.17, 15) is 4.79 Å². The molecule has 1 saturated carbocycles. The summed E-state index contributed by atoms with van der Waals surface area (Å²) in [5.74, 6) is 0.634. The monoisotopic (exact) mass is 372 g/mol.